The van der Waals surface area contributed by atoms with Crippen LogP contribution < -0.4 is 10.6 Å². The second-order valence-electron chi connectivity index (χ2n) is 5.43. The number of hydrogen-bond donors (Lipinski definition) is 3. The smallest absolute Gasteiger partial charge is 0.339 e. The van der Waals surface area contributed by atoms with Crippen LogP contribution in [0.2, 0.25) is 5.02 Å². The van der Waals surface area contributed by atoms with Crippen LogP contribution in [-0.2, 0) is 0 Å². The molecule has 5 nitrogen and oxygen atoms in total. The standard InChI is InChI=1S/C15H19ClN2O3/c1-9-5-2-3-7-11(9)17-15(21)18-12-8-4-6-10(16)13(12)14(19)20/h4,6,8-9,11H,2-3,5,7H2,1H3,(H,19,20)(H2,17,18,21). The van der Waals surface area contributed by atoms with Gasteiger partial charge in [0.2, 0.25) is 0 Å². The van der Waals surface area contributed by atoms with Crippen molar-refractivity contribution >= 4 is 29.3 Å². The van der Waals surface area contributed by atoms with E-state index in [9.17, 15) is 9.59 Å². The molecule has 1 aliphatic rings. The van der Waals surface area contributed by atoms with E-state index in [4.69, 9.17) is 16.7 Å². The lowest BCUT2D eigenvalue weighted by Crippen LogP contribution is -2.43. The molecule has 1 aromatic rings. The molecule has 1 saturated carbocycles. The summed E-state index contributed by atoms with van der Waals surface area (Å²) in [5.74, 6) is -0.732. The SMILES string of the molecule is CC1CCCCC1NC(=O)Nc1cccc(Cl)c1C(=O)O. The molecule has 0 bridgehead atoms. The van der Waals surface area contributed by atoms with Crippen LogP contribution in [-0.4, -0.2) is 23.1 Å². The number of urea groups is 1. The molecule has 1 fully saturated rings. The molecule has 1 aromatic carbocycles. The first-order chi connectivity index (χ1) is 9.99. The Morgan fingerprint density at radius 1 is 1.29 bits per heavy atom. The summed E-state index contributed by atoms with van der Waals surface area (Å²) < 4.78 is 0. The van der Waals surface area contributed by atoms with Gasteiger partial charge in [0.1, 0.15) is 5.56 Å². The first-order valence-electron chi connectivity index (χ1n) is 7.08. The van der Waals surface area contributed by atoms with Crippen LogP contribution >= 0.6 is 11.6 Å². The first kappa shape index (κ1) is 15.6. The highest BCUT2D eigenvalue weighted by Gasteiger charge is 2.23. The normalized spacial score (nSPS) is 21.6. The zero-order valence-electron chi connectivity index (χ0n) is 11.9. The molecule has 0 aliphatic heterocycles. The minimum atomic E-state index is -1.16. The zero-order chi connectivity index (χ0) is 15.4. The molecular weight excluding hydrogens is 292 g/mol. The monoisotopic (exact) mass is 310 g/mol. The number of carbonyl (C=O) groups is 2. The molecule has 3 N–H and O–H groups in total. The lowest BCUT2D eigenvalue weighted by atomic mass is 9.86. The van der Waals surface area contributed by atoms with Crippen LogP contribution in [0.15, 0.2) is 18.2 Å². The topological polar surface area (TPSA) is 78.4 Å². The van der Waals surface area contributed by atoms with Gasteiger partial charge in [-0.25, -0.2) is 9.59 Å². The van der Waals surface area contributed by atoms with Crippen molar-refractivity contribution in [2.45, 2.75) is 38.6 Å². The van der Waals surface area contributed by atoms with Crippen molar-refractivity contribution in [1.82, 2.24) is 5.32 Å². The maximum absolute atomic E-state index is 12.1. The summed E-state index contributed by atoms with van der Waals surface area (Å²) in [6, 6.07) is 4.36. The van der Waals surface area contributed by atoms with E-state index in [-0.39, 0.29) is 22.3 Å². The second kappa shape index (κ2) is 6.80. The molecule has 0 aromatic heterocycles. The molecule has 2 unspecified atom stereocenters. The molecular formula is C15H19ClN2O3. The lowest BCUT2D eigenvalue weighted by molar-refractivity contribution is 0.0698. The van der Waals surface area contributed by atoms with Gasteiger partial charge in [0.05, 0.1) is 10.7 Å². The molecule has 6 heteroatoms. The van der Waals surface area contributed by atoms with Crippen LogP contribution in [0.3, 0.4) is 0 Å². The highest BCUT2D eigenvalue weighted by Crippen LogP contribution is 2.26. The van der Waals surface area contributed by atoms with Crippen molar-refractivity contribution in [3.8, 4) is 0 Å². The van der Waals surface area contributed by atoms with Gasteiger partial charge < -0.3 is 15.7 Å². The number of nitrogens with one attached hydrogen (secondary N) is 2. The van der Waals surface area contributed by atoms with Crippen LogP contribution in [0.1, 0.15) is 43.0 Å². The Hall–Kier alpha value is -1.75. The molecule has 2 rings (SSSR count). The number of carboxylic acids is 1. The van der Waals surface area contributed by atoms with E-state index < -0.39 is 12.0 Å². The number of halogens is 1. The molecule has 1 aliphatic carbocycles. The summed E-state index contributed by atoms with van der Waals surface area (Å²) in [6.07, 6.45) is 4.35. The zero-order valence-corrected chi connectivity index (χ0v) is 12.6. The minimum Gasteiger partial charge on any atom is -0.478 e. The van der Waals surface area contributed by atoms with E-state index in [0.29, 0.717) is 5.92 Å². The average Bonchev–Trinajstić information content (AvgIpc) is 2.41. The molecule has 0 spiro atoms. The Morgan fingerprint density at radius 3 is 2.67 bits per heavy atom. The van der Waals surface area contributed by atoms with Gasteiger partial charge in [-0.1, -0.05) is 37.4 Å². The third kappa shape index (κ3) is 3.88. The number of benzene rings is 1. The highest BCUT2D eigenvalue weighted by molar-refractivity contribution is 6.34. The van der Waals surface area contributed by atoms with E-state index in [2.05, 4.69) is 17.6 Å². The number of amides is 2. The minimum absolute atomic E-state index is 0.0917. The Bertz CT molecular complexity index is 548. The Kier molecular flexibility index (Phi) is 5.07. The van der Waals surface area contributed by atoms with Crippen molar-refractivity contribution in [3.05, 3.63) is 28.8 Å². The molecule has 21 heavy (non-hydrogen) atoms. The third-order valence-corrected chi connectivity index (χ3v) is 4.22. The number of carboxylic acid groups (broad SMARTS) is 1. The van der Waals surface area contributed by atoms with Gasteiger partial charge >= 0.3 is 12.0 Å². The first-order valence-corrected chi connectivity index (χ1v) is 7.46. The predicted octanol–water partition coefficient (Wildman–Crippen LogP) is 3.74. The molecule has 2 atom stereocenters. The van der Waals surface area contributed by atoms with E-state index in [0.717, 1.165) is 19.3 Å². The Morgan fingerprint density at radius 2 is 2.00 bits per heavy atom. The van der Waals surface area contributed by atoms with Crippen molar-refractivity contribution in [1.29, 1.82) is 0 Å². The van der Waals surface area contributed by atoms with Crippen LogP contribution in [0.5, 0.6) is 0 Å². The summed E-state index contributed by atoms with van der Waals surface area (Å²) >= 11 is 5.87. The van der Waals surface area contributed by atoms with Crippen molar-refractivity contribution in [2.24, 2.45) is 5.92 Å². The summed E-state index contributed by atoms with van der Waals surface area (Å²) in [5.41, 5.74) is 0.113. The Labute approximate surface area is 128 Å². The van der Waals surface area contributed by atoms with Gasteiger partial charge in [-0.2, -0.15) is 0 Å². The predicted molar refractivity (Wildman–Crippen MR) is 82.0 cm³/mol. The summed E-state index contributed by atoms with van der Waals surface area (Å²) in [6.45, 7) is 2.12. The van der Waals surface area contributed by atoms with Crippen LogP contribution in [0.25, 0.3) is 0 Å². The van der Waals surface area contributed by atoms with Gasteiger partial charge in [0.25, 0.3) is 0 Å². The molecule has 114 valence electrons. The fraction of sp³-hybridized carbons (Fsp3) is 0.467. The van der Waals surface area contributed by atoms with E-state index in [1.807, 2.05) is 0 Å². The molecule has 0 heterocycles. The fourth-order valence-electron chi connectivity index (χ4n) is 2.70. The summed E-state index contributed by atoms with van der Waals surface area (Å²) in [7, 11) is 0. The van der Waals surface area contributed by atoms with Gasteiger partial charge in [0, 0.05) is 6.04 Å². The largest absolute Gasteiger partial charge is 0.478 e. The van der Waals surface area contributed by atoms with E-state index >= 15 is 0 Å². The average molecular weight is 311 g/mol. The van der Waals surface area contributed by atoms with Gasteiger partial charge in [0.15, 0.2) is 0 Å². The fourth-order valence-corrected chi connectivity index (χ4v) is 2.96. The van der Waals surface area contributed by atoms with Gasteiger partial charge in [-0.3, -0.25) is 0 Å². The number of carbonyl (C=O) groups excluding carboxylic acids is 1. The summed E-state index contributed by atoms with van der Waals surface area (Å²) in [5, 5.41) is 14.8. The van der Waals surface area contributed by atoms with Crippen molar-refractivity contribution in [2.75, 3.05) is 5.32 Å². The van der Waals surface area contributed by atoms with Crippen molar-refractivity contribution < 1.29 is 14.7 Å². The quantitative estimate of drug-likeness (QED) is 0.795. The third-order valence-electron chi connectivity index (χ3n) is 3.90. The maximum atomic E-state index is 12.1. The van der Waals surface area contributed by atoms with E-state index in [1.54, 1.807) is 6.07 Å². The molecule has 0 saturated heterocycles. The lowest BCUT2D eigenvalue weighted by Gasteiger charge is -2.29. The highest BCUT2D eigenvalue weighted by atomic mass is 35.5. The number of rotatable bonds is 3. The number of anilines is 1. The molecule has 0 radical (unpaired) electrons. The maximum Gasteiger partial charge on any atom is 0.339 e. The van der Waals surface area contributed by atoms with Crippen LogP contribution in [0.4, 0.5) is 10.5 Å². The van der Waals surface area contributed by atoms with E-state index in [1.165, 1.54) is 18.6 Å². The van der Waals surface area contributed by atoms with Crippen molar-refractivity contribution in [3.63, 3.8) is 0 Å². The van der Waals surface area contributed by atoms with Crippen LogP contribution in [0, 0.1) is 5.92 Å². The number of aromatic carboxylic acids is 1. The summed E-state index contributed by atoms with van der Waals surface area (Å²) in [4.78, 5) is 23.3. The second-order valence-corrected chi connectivity index (χ2v) is 5.84. The number of hydrogen-bond acceptors (Lipinski definition) is 2. The van der Waals surface area contributed by atoms with Gasteiger partial charge in [-0.05, 0) is 30.9 Å². The van der Waals surface area contributed by atoms with Gasteiger partial charge in [-0.15, -0.1) is 0 Å². The Balaban J connectivity index is 2.06. The molecule has 2 amide bonds.